The minimum absolute atomic E-state index is 0.235. The van der Waals surface area contributed by atoms with Crippen LogP contribution in [-0.2, 0) is 19.1 Å². The molecule has 0 saturated carbocycles. The van der Waals surface area contributed by atoms with Crippen molar-refractivity contribution in [2.75, 3.05) is 46.6 Å². The van der Waals surface area contributed by atoms with Gasteiger partial charge in [-0.25, -0.2) is 0 Å². The SMILES string of the molecule is COCCN1C(=O)C(c2ccc(Cl)cc2)=C(N2CCOCC2)C1=O. The molecule has 24 heavy (non-hydrogen) atoms. The summed E-state index contributed by atoms with van der Waals surface area (Å²) in [7, 11) is 1.54. The van der Waals surface area contributed by atoms with Crippen LogP contribution in [0.15, 0.2) is 30.0 Å². The van der Waals surface area contributed by atoms with Crippen LogP contribution in [-0.4, -0.2) is 68.2 Å². The molecule has 0 radical (unpaired) electrons. The van der Waals surface area contributed by atoms with Gasteiger partial charge in [-0.2, -0.15) is 0 Å². The normalized spacial score (nSPS) is 18.8. The van der Waals surface area contributed by atoms with Gasteiger partial charge in [0.1, 0.15) is 5.70 Å². The van der Waals surface area contributed by atoms with Gasteiger partial charge in [0.25, 0.3) is 11.8 Å². The highest BCUT2D eigenvalue weighted by Crippen LogP contribution is 2.32. The molecule has 2 aliphatic heterocycles. The average Bonchev–Trinajstić information content (AvgIpc) is 2.85. The molecule has 0 unspecified atom stereocenters. The fourth-order valence-corrected chi connectivity index (χ4v) is 3.03. The molecule has 1 saturated heterocycles. The minimum atomic E-state index is -0.291. The van der Waals surface area contributed by atoms with Crippen molar-refractivity contribution in [3.63, 3.8) is 0 Å². The van der Waals surface area contributed by atoms with Crippen LogP contribution in [0.5, 0.6) is 0 Å². The molecule has 6 nitrogen and oxygen atoms in total. The fourth-order valence-electron chi connectivity index (χ4n) is 2.91. The molecule has 0 atom stereocenters. The highest BCUT2D eigenvalue weighted by molar-refractivity contribution is 6.36. The predicted molar refractivity (Wildman–Crippen MR) is 89.4 cm³/mol. The quantitative estimate of drug-likeness (QED) is 0.751. The summed E-state index contributed by atoms with van der Waals surface area (Å²) in [6, 6.07) is 6.97. The van der Waals surface area contributed by atoms with Crippen LogP contribution >= 0.6 is 11.6 Å². The second-order valence-corrected chi connectivity index (χ2v) is 6.02. The van der Waals surface area contributed by atoms with Crippen molar-refractivity contribution >= 4 is 29.0 Å². The predicted octanol–water partition coefficient (Wildman–Crippen LogP) is 1.40. The lowest BCUT2D eigenvalue weighted by molar-refractivity contribution is -0.138. The van der Waals surface area contributed by atoms with Gasteiger partial charge in [0.2, 0.25) is 0 Å². The van der Waals surface area contributed by atoms with Crippen LogP contribution in [0, 0.1) is 0 Å². The largest absolute Gasteiger partial charge is 0.383 e. The molecule has 2 heterocycles. The number of carbonyl (C=O) groups is 2. The Kier molecular flexibility index (Phi) is 5.18. The molecule has 1 fully saturated rings. The van der Waals surface area contributed by atoms with Gasteiger partial charge in [0.15, 0.2) is 0 Å². The van der Waals surface area contributed by atoms with E-state index in [1.807, 2.05) is 4.90 Å². The number of hydrogen-bond acceptors (Lipinski definition) is 5. The molecule has 2 aliphatic rings. The van der Waals surface area contributed by atoms with E-state index in [1.165, 1.54) is 4.90 Å². The number of hydrogen-bond donors (Lipinski definition) is 0. The monoisotopic (exact) mass is 350 g/mol. The van der Waals surface area contributed by atoms with Gasteiger partial charge in [-0.1, -0.05) is 23.7 Å². The first kappa shape index (κ1) is 17.0. The summed E-state index contributed by atoms with van der Waals surface area (Å²) < 4.78 is 10.4. The molecular weight excluding hydrogens is 332 g/mol. The summed E-state index contributed by atoms with van der Waals surface area (Å²) in [5, 5.41) is 0.584. The molecule has 7 heteroatoms. The maximum atomic E-state index is 12.9. The smallest absolute Gasteiger partial charge is 0.277 e. The van der Waals surface area contributed by atoms with Crippen molar-refractivity contribution in [1.29, 1.82) is 0 Å². The van der Waals surface area contributed by atoms with Gasteiger partial charge in [0.05, 0.1) is 31.9 Å². The second kappa shape index (κ2) is 7.34. The summed E-state index contributed by atoms with van der Waals surface area (Å²) >= 11 is 5.94. The standard InChI is InChI=1S/C17H19ClN2O4/c1-23-9-8-20-16(21)14(12-2-4-13(18)5-3-12)15(17(20)22)19-6-10-24-11-7-19/h2-5H,6-11H2,1H3. The lowest BCUT2D eigenvalue weighted by Crippen LogP contribution is -2.41. The number of morpholine rings is 1. The number of carbonyl (C=O) groups excluding carboxylic acids is 2. The maximum absolute atomic E-state index is 12.9. The molecule has 0 aromatic heterocycles. The Hall–Kier alpha value is -1.89. The van der Waals surface area contributed by atoms with Crippen molar-refractivity contribution < 1.29 is 19.1 Å². The Morgan fingerprint density at radius 3 is 2.42 bits per heavy atom. The van der Waals surface area contributed by atoms with Gasteiger partial charge in [-0.15, -0.1) is 0 Å². The molecule has 128 valence electrons. The van der Waals surface area contributed by atoms with Crippen molar-refractivity contribution in [3.8, 4) is 0 Å². The molecule has 1 aromatic carbocycles. The number of halogens is 1. The topological polar surface area (TPSA) is 59.1 Å². The Balaban J connectivity index is 2.01. The van der Waals surface area contributed by atoms with E-state index < -0.39 is 0 Å². The highest BCUT2D eigenvalue weighted by Gasteiger charge is 2.41. The van der Waals surface area contributed by atoms with Gasteiger partial charge in [-0.3, -0.25) is 14.5 Å². The van der Waals surface area contributed by atoms with E-state index in [9.17, 15) is 9.59 Å². The third-order valence-corrected chi connectivity index (χ3v) is 4.37. The summed E-state index contributed by atoms with van der Waals surface area (Å²) in [6.45, 7) is 2.79. The van der Waals surface area contributed by atoms with Crippen LogP contribution in [0.4, 0.5) is 0 Å². The first-order valence-electron chi connectivity index (χ1n) is 7.81. The van der Waals surface area contributed by atoms with Crippen LogP contribution < -0.4 is 0 Å². The molecule has 2 amide bonds. The fraction of sp³-hybridized carbons (Fsp3) is 0.412. The number of amides is 2. The molecule has 0 spiro atoms. The number of imide groups is 1. The van der Waals surface area contributed by atoms with E-state index in [2.05, 4.69) is 0 Å². The second-order valence-electron chi connectivity index (χ2n) is 5.58. The van der Waals surface area contributed by atoms with Gasteiger partial charge < -0.3 is 14.4 Å². The Labute approximate surface area is 145 Å². The lowest BCUT2D eigenvalue weighted by atomic mass is 10.0. The third-order valence-electron chi connectivity index (χ3n) is 4.12. The van der Waals surface area contributed by atoms with E-state index in [-0.39, 0.29) is 18.4 Å². The van der Waals surface area contributed by atoms with Gasteiger partial charge in [0, 0.05) is 25.2 Å². The van der Waals surface area contributed by atoms with Crippen LogP contribution in [0.1, 0.15) is 5.56 Å². The average molecular weight is 351 g/mol. The highest BCUT2D eigenvalue weighted by atomic mass is 35.5. The third kappa shape index (κ3) is 3.17. The van der Waals surface area contributed by atoms with E-state index in [4.69, 9.17) is 21.1 Å². The molecule has 0 N–H and O–H groups in total. The van der Waals surface area contributed by atoms with E-state index in [0.29, 0.717) is 54.8 Å². The number of nitrogens with zero attached hydrogens (tertiary/aromatic N) is 2. The number of rotatable bonds is 5. The van der Waals surface area contributed by atoms with E-state index in [0.717, 1.165) is 0 Å². The van der Waals surface area contributed by atoms with Crippen LogP contribution in [0.2, 0.25) is 5.02 Å². The molecule has 3 rings (SSSR count). The number of methoxy groups -OCH3 is 1. The summed E-state index contributed by atoms with van der Waals surface area (Å²) in [5.74, 6) is -0.565. The Morgan fingerprint density at radius 2 is 1.79 bits per heavy atom. The van der Waals surface area contributed by atoms with Crippen molar-refractivity contribution in [1.82, 2.24) is 9.80 Å². The van der Waals surface area contributed by atoms with E-state index in [1.54, 1.807) is 31.4 Å². The number of ether oxygens (including phenoxy) is 2. The zero-order chi connectivity index (χ0) is 17.1. The molecule has 1 aromatic rings. The zero-order valence-corrected chi connectivity index (χ0v) is 14.2. The molecule has 0 bridgehead atoms. The summed E-state index contributed by atoms with van der Waals surface area (Å²) in [4.78, 5) is 28.9. The zero-order valence-electron chi connectivity index (χ0n) is 13.5. The maximum Gasteiger partial charge on any atom is 0.277 e. The van der Waals surface area contributed by atoms with Crippen molar-refractivity contribution in [3.05, 3.63) is 40.5 Å². The number of benzene rings is 1. The van der Waals surface area contributed by atoms with Crippen molar-refractivity contribution in [2.45, 2.75) is 0 Å². The van der Waals surface area contributed by atoms with Gasteiger partial charge in [-0.05, 0) is 17.7 Å². The van der Waals surface area contributed by atoms with Crippen molar-refractivity contribution in [2.24, 2.45) is 0 Å². The first-order chi connectivity index (χ1) is 11.6. The Morgan fingerprint density at radius 1 is 1.12 bits per heavy atom. The molecule has 0 aliphatic carbocycles. The van der Waals surface area contributed by atoms with Gasteiger partial charge >= 0.3 is 0 Å². The molecular formula is C17H19ClN2O4. The lowest BCUT2D eigenvalue weighted by Gasteiger charge is -2.29. The minimum Gasteiger partial charge on any atom is -0.383 e. The summed E-state index contributed by atoms with van der Waals surface area (Å²) in [5.41, 5.74) is 1.57. The summed E-state index contributed by atoms with van der Waals surface area (Å²) in [6.07, 6.45) is 0. The van der Waals surface area contributed by atoms with Crippen LogP contribution in [0.25, 0.3) is 5.57 Å². The Bertz CT molecular complexity index is 666. The van der Waals surface area contributed by atoms with E-state index >= 15 is 0 Å². The first-order valence-corrected chi connectivity index (χ1v) is 8.19. The van der Waals surface area contributed by atoms with Crippen LogP contribution in [0.3, 0.4) is 0 Å².